The van der Waals surface area contributed by atoms with E-state index < -0.39 is 11.9 Å². The van der Waals surface area contributed by atoms with E-state index in [1.165, 1.54) is 0 Å². The number of imidazole rings is 1. The standard InChI is InChI=1S/C19H25N3O3/c1-11(2)22-16-7-5-4-6-15(16)21-17(22)12(3)20-18(23)13-8-9-14(10-13)19(24)25/h4-7,11-14H,8-10H2,1-3H3,(H,20,23)(H,24,25)/t12?,13-,14+/m1/s1. The maximum atomic E-state index is 12.6. The monoisotopic (exact) mass is 343 g/mol. The Morgan fingerprint density at radius 2 is 1.88 bits per heavy atom. The molecule has 1 saturated carbocycles. The number of carboxylic acid groups (broad SMARTS) is 1. The molecule has 0 aliphatic heterocycles. The van der Waals surface area contributed by atoms with Gasteiger partial charge in [0.25, 0.3) is 0 Å². The normalized spacial score (nSPS) is 21.6. The molecule has 0 saturated heterocycles. The van der Waals surface area contributed by atoms with Gasteiger partial charge in [-0.2, -0.15) is 0 Å². The molecule has 1 amide bonds. The van der Waals surface area contributed by atoms with E-state index in [-0.39, 0.29) is 23.9 Å². The quantitative estimate of drug-likeness (QED) is 0.872. The Morgan fingerprint density at radius 3 is 2.52 bits per heavy atom. The summed E-state index contributed by atoms with van der Waals surface area (Å²) in [5.74, 6) is -0.660. The average molecular weight is 343 g/mol. The van der Waals surface area contributed by atoms with E-state index in [2.05, 4.69) is 23.7 Å². The van der Waals surface area contributed by atoms with Crippen LogP contribution in [0.1, 0.15) is 57.9 Å². The third-order valence-corrected chi connectivity index (χ3v) is 5.04. The van der Waals surface area contributed by atoms with Gasteiger partial charge in [0.15, 0.2) is 0 Å². The van der Waals surface area contributed by atoms with Crippen LogP contribution in [0.3, 0.4) is 0 Å². The number of carboxylic acids is 1. The van der Waals surface area contributed by atoms with Gasteiger partial charge in [-0.05, 0) is 52.2 Å². The van der Waals surface area contributed by atoms with E-state index in [0.29, 0.717) is 19.3 Å². The first kappa shape index (κ1) is 17.5. The van der Waals surface area contributed by atoms with Gasteiger partial charge in [-0.3, -0.25) is 9.59 Å². The number of carbonyl (C=O) groups is 2. The molecular weight excluding hydrogens is 318 g/mol. The SMILES string of the molecule is CC(NC(=O)[C@@H]1CC[C@H](C(=O)O)C1)c1nc2ccccc2n1C(C)C. The predicted octanol–water partition coefficient (Wildman–Crippen LogP) is 3.30. The number of benzene rings is 1. The van der Waals surface area contributed by atoms with Crippen molar-refractivity contribution in [3.63, 3.8) is 0 Å². The summed E-state index contributed by atoms with van der Waals surface area (Å²) in [6.45, 7) is 6.13. The highest BCUT2D eigenvalue weighted by atomic mass is 16.4. The molecular formula is C19H25N3O3. The van der Waals surface area contributed by atoms with E-state index >= 15 is 0 Å². The van der Waals surface area contributed by atoms with Gasteiger partial charge in [-0.15, -0.1) is 0 Å². The van der Waals surface area contributed by atoms with Crippen molar-refractivity contribution < 1.29 is 14.7 Å². The Kier molecular flexibility index (Phi) is 4.79. The van der Waals surface area contributed by atoms with Gasteiger partial charge in [0.2, 0.25) is 5.91 Å². The second-order valence-corrected chi connectivity index (χ2v) is 7.20. The van der Waals surface area contributed by atoms with Crippen LogP contribution in [0.5, 0.6) is 0 Å². The first-order valence-corrected chi connectivity index (χ1v) is 8.88. The number of fused-ring (bicyclic) bond motifs is 1. The zero-order valence-electron chi connectivity index (χ0n) is 14.9. The number of para-hydroxylation sites is 2. The van der Waals surface area contributed by atoms with Crippen LogP contribution in [0.25, 0.3) is 11.0 Å². The second kappa shape index (κ2) is 6.86. The molecule has 1 unspecified atom stereocenters. The third-order valence-electron chi connectivity index (χ3n) is 5.04. The highest BCUT2D eigenvalue weighted by Crippen LogP contribution is 2.32. The maximum Gasteiger partial charge on any atom is 0.306 e. The van der Waals surface area contributed by atoms with Gasteiger partial charge in [0, 0.05) is 12.0 Å². The number of aliphatic carboxylic acids is 1. The molecule has 1 fully saturated rings. The molecule has 1 aliphatic carbocycles. The summed E-state index contributed by atoms with van der Waals surface area (Å²) >= 11 is 0. The molecule has 1 aromatic carbocycles. The third kappa shape index (κ3) is 3.38. The largest absolute Gasteiger partial charge is 0.481 e. The van der Waals surface area contributed by atoms with Gasteiger partial charge in [-0.1, -0.05) is 12.1 Å². The number of rotatable bonds is 5. The number of nitrogens with zero attached hydrogens (tertiary/aromatic N) is 2. The molecule has 0 spiro atoms. The lowest BCUT2D eigenvalue weighted by molar-refractivity contribution is -0.141. The van der Waals surface area contributed by atoms with Crippen molar-refractivity contribution in [2.24, 2.45) is 11.8 Å². The summed E-state index contributed by atoms with van der Waals surface area (Å²) in [4.78, 5) is 28.4. The van der Waals surface area contributed by atoms with Crippen molar-refractivity contribution in [1.82, 2.24) is 14.9 Å². The Hall–Kier alpha value is -2.37. The van der Waals surface area contributed by atoms with Gasteiger partial charge in [0.05, 0.1) is 23.0 Å². The van der Waals surface area contributed by atoms with Crippen LogP contribution < -0.4 is 5.32 Å². The van der Waals surface area contributed by atoms with E-state index in [1.807, 2.05) is 31.2 Å². The van der Waals surface area contributed by atoms with E-state index in [0.717, 1.165) is 16.9 Å². The highest BCUT2D eigenvalue weighted by Gasteiger charge is 2.34. The Labute approximate surface area is 147 Å². The van der Waals surface area contributed by atoms with Crippen LogP contribution in [-0.2, 0) is 9.59 Å². The minimum atomic E-state index is -0.801. The lowest BCUT2D eigenvalue weighted by atomic mass is 10.0. The average Bonchev–Trinajstić information content (AvgIpc) is 3.19. The number of hydrogen-bond donors (Lipinski definition) is 2. The van der Waals surface area contributed by atoms with Crippen LogP contribution in [0.2, 0.25) is 0 Å². The lowest BCUT2D eigenvalue weighted by Gasteiger charge is -2.20. The zero-order chi connectivity index (χ0) is 18.1. The first-order chi connectivity index (χ1) is 11.9. The molecule has 1 aliphatic rings. The summed E-state index contributed by atoms with van der Waals surface area (Å²) in [5, 5.41) is 12.1. The summed E-state index contributed by atoms with van der Waals surface area (Å²) < 4.78 is 2.15. The topological polar surface area (TPSA) is 84.2 Å². The van der Waals surface area contributed by atoms with Crippen molar-refractivity contribution in [3.05, 3.63) is 30.1 Å². The maximum absolute atomic E-state index is 12.6. The van der Waals surface area contributed by atoms with Gasteiger partial charge in [-0.25, -0.2) is 4.98 Å². The molecule has 134 valence electrons. The summed E-state index contributed by atoms with van der Waals surface area (Å²) in [6.07, 6.45) is 1.64. The first-order valence-electron chi connectivity index (χ1n) is 8.88. The molecule has 6 nitrogen and oxygen atoms in total. The Bertz CT molecular complexity index is 796. The fraction of sp³-hybridized carbons (Fsp3) is 0.526. The number of carbonyl (C=O) groups excluding carboxylic acids is 1. The molecule has 25 heavy (non-hydrogen) atoms. The fourth-order valence-corrected chi connectivity index (χ4v) is 3.75. The lowest BCUT2D eigenvalue weighted by Crippen LogP contribution is -2.33. The van der Waals surface area contributed by atoms with Gasteiger partial charge >= 0.3 is 5.97 Å². The summed E-state index contributed by atoms with van der Waals surface area (Å²) in [5.41, 5.74) is 1.97. The second-order valence-electron chi connectivity index (χ2n) is 7.20. The molecule has 3 rings (SSSR count). The highest BCUT2D eigenvalue weighted by molar-refractivity contribution is 5.81. The van der Waals surface area contributed by atoms with Crippen LogP contribution >= 0.6 is 0 Å². The van der Waals surface area contributed by atoms with Crippen molar-refractivity contribution >= 4 is 22.9 Å². The molecule has 1 aromatic heterocycles. The van der Waals surface area contributed by atoms with E-state index in [1.54, 1.807) is 0 Å². The molecule has 0 bridgehead atoms. The number of aromatic nitrogens is 2. The molecule has 2 N–H and O–H groups in total. The van der Waals surface area contributed by atoms with Crippen LogP contribution in [0.15, 0.2) is 24.3 Å². The zero-order valence-corrected chi connectivity index (χ0v) is 14.9. The van der Waals surface area contributed by atoms with Crippen molar-refractivity contribution in [2.45, 2.75) is 52.1 Å². The van der Waals surface area contributed by atoms with Crippen LogP contribution in [0.4, 0.5) is 0 Å². The van der Waals surface area contributed by atoms with Crippen molar-refractivity contribution in [1.29, 1.82) is 0 Å². The molecule has 1 heterocycles. The van der Waals surface area contributed by atoms with Gasteiger partial charge < -0.3 is 15.0 Å². The predicted molar refractivity (Wildman–Crippen MR) is 95.1 cm³/mol. The summed E-state index contributed by atoms with van der Waals surface area (Å²) in [6, 6.07) is 7.95. The smallest absolute Gasteiger partial charge is 0.306 e. The van der Waals surface area contributed by atoms with Gasteiger partial charge in [0.1, 0.15) is 5.82 Å². The van der Waals surface area contributed by atoms with Crippen molar-refractivity contribution in [3.8, 4) is 0 Å². The minimum absolute atomic E-state index is 0.0707. The molecule has 0 radical (unpaired) electrons. The van der Waals surface area contributed by atoms with E-state index in [4.69, 9.17) is 10.1 Å². The number of hydrogen-bond acceptors (Lipinski definition) is 3. The molecule has 2 aromatic rings. The summed E-state index contributed by atoms with van der Waals surface area (Å²) in [7, 11) is 0. The minimum Gasteiger partial charge on any atom is -0.481 e. The fourth-order valence-electron chi connectivity index (χ4n) is 3.75. The van der Waals surface area contributed by atoms with Crippen molar-refractivity contribution in [2.75, 3.05) is 0 Å². The molecule has 3 atom stereocenters. The Morgan fingerprint density at radius 1 is 1.20 bits per heavy atom. The van der Waals surface area contributed by atoms with E-state index in [9.17, 15) is 9.59 Å². The van der Waals surface area contributed by atoms with Crippen LogP contribution in [-0.4, -0.2) is 26.5 Å². The molecule has 6 heteroatoms. The number of nitrogens with one attached hydrogen (secondary N) is 1. The Balaban J connectivity index is 1.78. The number of amides is 1. The van der Waals surface area contributed by atoms with Crippen LogP contribution in [0, 0.1) is 11.8 Å².